The summed E-state index contributed by atoms with van der Waals surface area (Å²) in [5, 5.41) is 9.83. The van der Waals surface area contributed by atoms with Crippen molar-refractivity contribution in [2.45, 2.75) is 24.9 Å². The number of rotatable bonds is 6. The lowest BCUT2D eigenvalue weighted by atomic mass is 10.00. The van der Waals surface area contributed by atoms with Gasteiger partial charge in [0.2, 0.25) is 0 Å². The topological polar surface area (TPSA) is 93.1 Å². The zero-order valence-electron chi connectivity index (χ0n) is 15.6. The molecule has 0 saturated heterocycles. The van der Waals surface area contributed by atoms with Crippen LogP contribution in [0.25, 0.3) is 11.1 Å². The molecular formula is C21H21NO6. The first-order valence-electron chi connectivity index (χ1n) is 8.83. The van der Waals surface area contributed by atoms with Crippen LogP contribution in [-0.4, -0.2) is 48.3 Å². The molecule has 1 atom stereocenters. The number of carbonyl (C=O) groups is 3. The first-order chi connectivity index (χ1) is 13.5. The van der Waals surface area contributed by atoms with E-state index in [1.807, 2.05) is 48.5 Å². The van der Waals surface area contributed by atoms with Gasteiger partial charge in [0.15, 0.2) is 0 Å². The lowest BCUT2D eigenvalue weighted by molar-refractivity contribution is -0.145. The molecule has 1 amide bonds. The highest BCUT2D eigenvalue weighted by atomic mass is 16.5. The van der Waals surface area contributed by atoms with Crippen molar-refractivity contribution in [3.8, 4) is 11.1 Å². The number of methoxy groups -OCH3 is 2. The summed E-state index contributed by atoms with van der Waals surface area (Å²) in [6, 6.07) is 13.2. The van der Waals surface area contributed by atoms with Crippen molar-refractivity contribution in [3.05, 3.63) is 59.7 Å². The second-order valence-corrected chi connectivity index (χ2v) is 6.42. The Bertz CT molecular complexity index is 864. The van der Waals surface area contributed by atoms with E-state index in [9.17, 15) is 19.5 Å². The van der Waals surface area contributed by atoms with Gasteiger partial charge in [-0.15, -0.1) is 0 Å². The maximum atomic E-state index is 12.7. The Morgan fingerprint density at radius 1 is 0.964 bits per heavy atom. The van der Waals surface area contributed by atoms with Crippen LogP contribution in [-0.2, 0) is 19.1 Å². The largest absolute Gasteiger partial charge is 0.480 e. The van der Waals surface area contributed by atoms with Crippen LogP contribution >= 0.6 is 0 Å². The summed E-state index contributed by atoms with van der Waals surface area (Å²) in [6.07, 6.45) is -0.983. The Morgan fingerprint density at radius 2 is 1.50 bits per heavy atom. The number of amides is 1. The van der Waals surface area contributed by atoms with Gasteiger partial charge in [-0.1, -0.05) is 48.5 Å². The Hall–Kier alpha value is -3.35. The van der Waals surface area contributed by atoms with Gasteiger partial charge in [-0.05, 0) is 28.7 Å². The Morgan fingerprint density at radius 3 is 1.96 bits per heavy atom. The number of carboxylic acid groups (broad SMARTS) is 1. The van der Waals surface area contributed by atoms with Crippen LogP contribution in [0.15, 0.2) is 48.5 Å². The summed E-state index contributed by atoms with van der Waals surface area (Å²) in [7, 11) is 2.45. The van der Waals surface area contributed by atoms with Crippen molar-refractivity contribution in [1.29, 1.82) is 0 Å². The molecule has 2 aromatic rings. The summed E-state index contributed by atoms with van der Waals surface area (Å²) in [5.41, 5.74) is 3.51. The number of benzene rings is 2. The van der Waals surface area contributed by atoms with Crippen molar-refractivity contribution in [1.82, 2.24) is 4.90 Å². The molecule has 0 spiro atoms. The summed E-state index contributed by atoms with van der Waals surface area (Å²) < 4.78 is 9.54. The van der Waals surface area contributed by atoms with Crippen LogP contribution in [0.5, 0.6) is 0 Å². The summed E-state index contributed by atoms with van der Waals surface area (Å²) in [6.45, 7) is 0. The fourth-order valence-electron chi connectivity index (χ4n) is 3.68. The lowest BCUT2D eigenvalue weighted by Gasteiger charge is -2.34. The maximum Gasteiger partial charge on any atom is 0.411 e. The molecule has 3 rings (SSSR count). The predicted octanol–water partition coefficient (Wildman–Crippen LogP) is 3.23. The van der Waals surface area contributed by atoms with Gasteiger partial charge in [-0.25, -0.2) is 9.59 Å². The highest BCUT2D eigenvalue weighted by Gasteiger charge is 2.42. The normalized spacial score (nSPS) is 13.2. The molecule has 1 aliphatic rings. The molecule has 1 N–H and O–H groups in total. The van der Waals surface area contributed by atoms with Gasteiger partial charge < -0.3 is 14.6 Å². The van der Waals surface area contributed by atoms with Crippen LogP contribution < -0.4 is 0 Å². The van der Waals surface area contributed by atoms with E-state index in [4.69, 9.17) is 4.74 Å². The Kier molecular flexibility index (Phi) is 5.63. The molecule has 0 aromatic heterocycles. The maximum absolute atomic E-state index is 12.7. The third-order valence-corrected chi connectivity index (χ3v) is 4.93. The number of hydrogen-bond donors (Lipinski definition) is 1. The van der Waals surface area contributed by atoms with E-state index in [-0.39, 0.29) is 12.8 Å². The zero-order chi connectivity index (χ0) is 20.3. The first-order valence-corrected chi connectivity index (χ1v) is 8.83. The number of esters is 1. The van der Waals surface area contributed by atoms with Gasteiger partial charge in [-0.3, -0.25) is 9.69 Å². The minimum Gasteiger partial charge on any atom is -0.480 e. The van der Waals surface area contributed by atoms with Gasteiger partial charge in [0.05, 0.1) is 20.3 Å². The monoisotopic (exact) mass is 383 g/mol. The predicted molar refractivity (Wildman–Crippen MR) is 101 cm³/mol. The van der Waals surface area contributed by atoms with Crippen LogP contribution in [0.1, 0.15) is 30.0 Å². The summed E-state index contributed by atoms with van der Waals surface area (Å²) >= 11 is 0. The fraction of sp³-hybridized carbons (Fsp3) is 0.286. The highest BCUT2D eigenvalue weighted by Crippen LogP contribution is 2.47. The average Bonchev–Trinajstić information content (AvgIpc) is 3.04. The molecule has 0 bridgehead atoms. The van der Waals surface area contributed by atoms with Crippen molar-refractivity contribution >= 4 is 18.0 Å². The number of carboxylic acids is 1. The van der Waals surface area contributed by atoms with E-state index in [0.717, 1.165) is 22.3 Å². The average molecular weight is 383 g/mol. The minimum atomic E-state index is -1.25. The summed E-state index contributed by atoms with van der Waals surface area (Å²) in [4.78, 5) is 37.5. The first kappa shape index (κ1) is 19.4. The van der Waals surface area contributed by atoms with Gasteiger partial charge in [0, 0.05) is 6.42 Å². The van der Waals surface area contributed by atoms with Crippen LogP contribution in [0.3, 0.4) is 0 Å². The number of fused-ring (bicyclic) bond motifs is 3. The molecule has 146 valence electrons. The van der Waals surface area contributed by atoms with Gasteiger partial charge in [0.25, 0.3) is 0 Å². The quantitative estimate of drug-likeness (QED) is 0.770. The minimum absolute atomic E-state index is 0.0854. The van der Waals surface area contributed by atoms with Crippen molar-refractivity contribution in [3.63, 3.8) is 0 Å². The lowest BCUT2D eigenvalue weighted by Crippen LogP contribution is -2.47. The van der Waals surface area contributed by atoms with Crippen molar-refractivity contribution in [2.24, 2.45) is 0 Å². The zero-order valence-corrected chi connectivity index (χ0v) is 15.6. The van der Waals surface area contributed by atoms with Crippen molar-refractivity contribution < 1.29 is 29.0 Å². The van der Waals surface area contributed by atoms with Gasteiger partial charge in [-0.2, -0.15) is 0 Å². The molecule has 0 aliphatic heterocycles. The Labute approximate surface area is 162 Å². The number of ether oxygens (including phenoxy) is 2. The second kappa shape index (κ2) is 8.12. The second-order valence-electron chi connectivity index (χ2n) is 6.42. The van der Waals surface area contributed by atoms with Crippen LogP contribution in [0, 0.1) is 0 Å². The molecule has 0 heterocycles. The van der Waals surface area contributed by atoms with Crippen molar-refractivity contribution in [2.75, 3.05) is 14.2 Å². The van der Waals surface area contributed by atoms with Gasteiger partial charge >= 0.3 is 18.0 Å². The van der Waals surface area contributed by atoms with E-state index < -0.39 is 30.1 Å². The molecule has 0 unspecified atom stereocenters. The molecule has 1 aliphatic carbocycles. The SMILES string of the molecule is COC(=O)CC[C@@H](C(=O)O)N(C(=O)OC)C1c2ccccc2-c2ccccc21. The molecule has 7 heteroatoms. The van der Waals surface area contributed by atoms with E-state index >= 15 is 0 Å². The van der Waals surface area contributed by atoms with Crippen LogP contribution in [0.2, 0.25) is 0 Å². The Balaban J connectivity index is 2.10. The van der Waals surface area contributed by atoms with Gasteiger partial charge in [0.1, 0.15) is 6.04 Å². The molecule has 0 saturated carbocycles. The molecular weight excluding hydrogens is 362 g/mol. The molecule has 7 nitrogen and oxygen atoms in total. The van der Waals surface area contributed by atoms with E-state index in [2.05, 4.69) is 4.74 Å². The van der Waals surface area contributed by atoms with E-state index in [1.54, 1.807) is 0 Å². The fourth-order valence-corrected chi connectivity index (χ4v) is 3.68. The standard InChI is InChI=1S/C21H21NO6/c1-27-18(23)12-11-17(20(24)25)22(21(26)28-2)19-15-9-5-3-7-13(15)14-8-4-6-10-16(14)19/h3-10,17,19H,11-12H2,1-2H3,(H,24,25)/t17-/m0/s1. The number of carbonyl (C=O) groups excluding carboxylic acids is 2. The third-order valence-electron chi connectivity index (χ3n) is 4.93. The molecule has 2 aromatic carbocycles. The third kappa shape index (κ3) is 3.43. The molecule has 28 heavy (non-hydrogen) atoms. The molecule has 0 fully saturated rings. The van der Waals surface area contributed by atoms with E-state index in [1.165, 1.54) is 19.1 Å². The van der Waals surface area contributed by atoms with E-state index in [0.29, 0.717) is 0 Å². The smallest absolute Gasteiger partial charge is 0.411 e. The summed E-state index contributed by atoms with van der Waals surface area (Å²) in [5.74, 6) is -1.75. The number of hydrogen-bond acceptors (Lipinski definition) is 5. The highest BCUT2D eigenvalue weighted by molar-refractivity contribution is 5.85. The number of nitrogens with zero attached hydrogens (tertiary/aromatic N) is 1. The number of aliphatic carboxylic acids is 1. The van der Waals surface area contributed by atoms with Crippen LogP contribution in [0.4, 0.5) is 4.79 Å². The molecule has 0 radical (unpaired) electrons.